The van der Waals surface area contributed by atoms with E-state index < -0.39 is 0 Å². The lowest BCUT2D eigenvalue weighted by atomic mass is 10.2. The van der Waals surface area contributed by atoms with Crippen molar-refractivity contribution in [3.63, 3.8) is 0 Å². The van der Waals surface area contributed by atoms with Crippen LogP contribution in [0.5, 0.6) is 0 Å². The summed E-state index contributed by atoms with van der Waals surface area (Å²) in [5.41, 5.74) is 1.55. The van der Waals surface area contributed by atoms with Gasteiger partial charge in [-0.25, -0.2) is 9.50 Å². The van der Waals surface area contributed by atoms with Crippen LogP contribution < -0.4 is 0 Å². The molecular weight excluding hydrogens is 284 g/mol. The largest absolute Gasteiger partial charge is 0.328 e. The Bertz CT molecular complexity index is 780. The molecule has 21 heavy (non-hydrogen) atoms. The lowest BCUT2D eigenvalue weighted by Gasteiger charge is -2.23. The van der Waals surface area contributed by atoms with Crippen molar-refractivity contribution in [3.05, 3.63) is 52.7 Å². The van der Waals surface area contributed by atoms with E-state index in [0.29, 0.717) is 5.69 Å². The van der Waals surface area contributed by atoms with Gasteiger partial charge in [-0.05, 0) is 31.0 Å². The maximum atomic E-state index is 12.9. The lowest BCUT2D eigenvalue weighted by molar-refractivity contribution is 0.0726. The second-order valence-electron chi connectivity index (χ2n) is 5.11. The van der Waals surface area contributed by atoms with Gasteiger partial charge in [-0.3, -0.25) is 4.79 Å². The summed E-state index contributed by atoms with van der Waals surface area (Å²) in [6.07, 6.45) is 5.52. The fourth-order valence-electron chi connectivity index (χ4n) is 2.92. The first kappa shape index (κ1) is 12.5. The number of amides is 1. The Morgan fingerprint density at radius 3 is 3.10 bits per heavy atom. The first-order valence-electron chi connectivity index (χ1n) is 6.98. The Labute approximate surface area is 125 Å². The summed E-state index contributed by atoms with van der Waals surface area (Å²) >= 11 is 1.61. The summed E-state index contributed by atoms with van der Waals surface area (Å²) in [4.78, 5) is 19.2. The van der Waals surface area contributed by atoms with Gasteiger partial charge in [-0.15, -0.1) is 11.3 Å². The minimum atomic E-state index is 0.0296. The minimum Gasteiger partial charge on any atom is -0.328 e. The number of hydrogen-bond acceptors (Lipinski definition) is 4. The molecule has 1 fully saturated rings. The summed E-state index contributed by atoms with van der Waals surface area (Å²) in [6, 6.07) is 7.69. The van der Waals surface area contributed by atoms with Gasteiger partial charge < -0.3 is 4.90 Å². The fraction of sp³-hybridized carbons (Fsp3) is 0.267. The fourth-order valence-corrected chi connectivity index (χ4v) is 3.71. The number of pyridine rings is 1. The van der Waals surface area contributed by atoms with Crippen LogP contribution in [0.15, 0.2) is 42.0 Å². The molecule has 0 spiro atoms. The molecule has 4 heterocycles. The number of likely N-dealkylation sites (tertiary alicyclic amines) is 1. The van der Waals surface area contributed by atoms with Crippen LogP contribution in [0.25, 0.3) is 5.52 Å². The van der Waals surface area contributed by atoms with Crippen molar-refractivity contribution >= 4 is 22.8 Å². The molecule has 5 nitrogen and oxygen atoms in total. The molecule has 4 rings (SSSR count). The molecule has 0 N–H and O–H groups in total. The molecule has 0 bridgehead atoms. The molecule has 0 saturated carbocycles. The summed E-state index contributed by atoms with van der Waals surface area (Å²) < 4.78 is 1.71. The number of thiazole rings is 1. The zero-order valence-corrected chi connectivity index (χ0v) is 12.2. The maximum absolute atomic E-state index is 12.9. The van der Waals surface area contributed by atoms with E-state index in [4.69, 9.17) is 0 Å². The minimum absolute atomic E-state index is 0.0296. The molecule has 1 aliphatic rings. The van der Waals surface area contributed by atoms with Crippen LogP contribution in [0.3, 0.4) is 0 Å². The molecule has 0 radical (unpaired) electrons. The highest BCUT2D eigenvalue weighted by Gasteiger charge is 2.33. The standard InChI is InChI=1S/C15H14N4OS/c20-15(13-4-1-3-11-6-7-17-19(11)13)18-9-2-5-12(18)14-16-8-10-21-14/h1,3-4,6-8,10,12H,2,5,9H2. The van der Waals surface area contributed by atoms with Gasteiger partial charge in [-0.1, -0.05) is 6.07 Å². The number of aromatic nitrogens is 3. The van der Waals surface area contributed by atoms with Crippen molar-refractivity contribution in [2.45, 2.75) is 18.9 Å². The molecule has 1 saturated heterocycles. The Morgan fingerprint density at radius 2 is 2.24 bits per heavy atom. The smallest absolute Gasteiger partial charge is 0.273 e. The van der Waals surface area contributed by atoms with E-state index in [1.54, 1.807) is 28.2 Å². The lowest BCUT2D eigenvalue weighted by Crippen LogP contribution is -2.32. The molecule has 0 aliphatic carbocycles. The predicted octanol–water partition coefficient (Wildman–Crippen LogP) is 2.77. The topological polar surface area (TPSA) is 50.5 Å². The van der Waals surface area contributed by atoms with Crippen LogP contribution in [0.1, 0.15) is 34.4 Å². The van der Waals surface area contributed by atoms with Crippen molar-refractivity contribution in [3.8, 4) is 0 Å². The molecule has 0 aromatic carbocycles. The molecule has 6 heteroatoms. The first-order valence-corrected chi connectivity index (χ1v) is 7.86. The monoisotopic (exact) mass is 298 g/mol. The van der Waals surface area contributed by atoms with Gasteiger partial charge in [0, 0.05) is 18.1 Å². The van der Waals surface area contributed by atoms with Crippen LogP contribution in [-0.2, 0) is 0 Å². The van der Waals surface area contributed by atoms with Gasteiger partial charge in [0.1, 0.15) is 10.7 Å². The number of nitrogens with zero attached hydrogens (tertiary/aromatic N) is 4. The van der Waals surface area contributed by atoms with Crippen LogP contribution >= 0.6 is 11.3 Å². The van der Waals surface area contributed by atoms with Crippen LogP contribution in [0, 0.1) is 0 Å². The highest BCUT2D eigenvalue weighted by atomic mass is 32.1. The van der Waals surface area contributed by atoms with Crippen molar-refractivity contribution in [1.29, 1.82) is 0 Å². The van der Waals surface area contributed by atoms with Crippen molar-refractivity contribution in [2.24, 2.45) is 0 Å². The van der Waals surface area contributed by atoms with Gasteiger partial charge in [0.2, 0.25) is 0 Å². The van der Waals surface area contributed by atoms with Crippen LogP contribution in [-0.4, -0.2) is 31.9 Å². The van der Waals surface area contributed by atoms with Gasteiger partial charge in [-0.2, -0.15) is 5.10 Å². The average Bonchev–Trinajstić information content (AvgIpc) is 3.23. The summed E-state index contributed by atoms with van der Waals surface area (Å²) in [5, 5.41) is 7.24. The van der Waals surface area contributed by atoms with Crippen molar-refractivity contribution < 1.29 is 4.79 Å². The molecular formula is C15H14N4OS. The highest BCUT2D eigenvalue weighted by molar-refractivity contribution is 7.09. The molecule has 106 valence electrons. The van der Waals surface area contributed by atoms with E-state index >= 15 is 0 Å². The van der Waals surface area contributed by atoms with Gasteiger partial charge in [0.25, 0.3) is 5.91 Å². The highest BCUT2D eigenvalue weighted by Crippen LogP contribution is 2.34. The third-order valence-corrected chi connectivity index (χ3v) is 4.77. The normalized spacial score (nSPS) is 18.5. The number of rotatable bonds is 2. The van der Waals surface area contributed by atoms with Crippen LogP contribution in [0.2, 0.25) is 0 Å². The predicted molar refractivity (Wildman–Crippen MR) is 80.3 cm³/mol. The Morgan fingerprint density at radius 1 is 1.29 bits per heavy atom. The molecule has 1 unspecified atom stereocenters. The number of carbonyl (C=O) groups excluding carboxylic acids is 1. The molecule has 3 aromatic rings. The summed E-state index contributed by atoms with van der Waals surface area (Å²) in [5.74, 6) is 0.0296. The molecule has 3 aromatic heterocycles. The summed E-state index contributed by atoms with van der Waals surface area (Å²) in [7, 11) is 0. The van der Waals surface area contributed by atoms with E-state index in [1.165, 1.54) is 0 Å². The Kier molecular flexibility index (Phi) is 2.96. The number of carbonyl (C=O) groups is 1. The first-order chi connectivity index (χ1) is 10.3. The van der Waals surface area contributed by atoms with E-state index in [9.17, 15) is 4.79 Å². The third kappa shape index (κ3) is 2.03. The second-order valence-corrected chi connectivity index (χ2v) is 6.03. The summed E-state index contributed by atoms with van der Waals surface area (Å²) in [6.45, 7) is 0.779. The van der Waals surface area contributed by atoms with Gasteiger partial charge in [0.05, 0.1) is 17.8 Å². The molecule has 1 atom stereocenters. The van der Waals surface area contributed by atoms with Crippen molar-refractivity contribution in [1.82, 2.24) is 19.5 Å². The quantitative estimate of drug-likeness (QED) is 0.731. The van der Waals surface area contributed by atoms with E-state index in [-0.39, 0.29) is 11.9 Å². The van der Waals surface area contributed by atoms with E-state index in [1.807, 2.05) is 34.5 Å². The van der Waals surface area contributed by atoms with Crippen molar-refractivity contribution in [2.75, 3.05) is 6.54 Å². The number of hydrogen-bond donors (Lipinski definition) is 0. The Balaban J connectivity index is 1.72. The van der Waals surface area contributed by atoms with E-state index in [2.05, 4.69) is 10.1 Å². The van der Waals surface area contributed by atoms with Crippen LogP contribution in [0.4, 0.5) is 0 Å². The molecule has 1 amide bonds. The van der Waals surface area contributed by atoms with Gasteiger partial charge >= 0.3 is 0 Å². The molecule has 1 aliphatic heterocycles. The zero-order valence-electron chi connectivity index (χ0n) is 11.3. The van der Waals surface area contributed by atoms with Gasteiger partial charge in [0.15, 0.2) is 0 Å². The van der Waals surface area contributed by atoms with E-state index in [0.717, 1.165) is 29.9 Å². The number of fused-ring (bicyclic) bond motifs is 1. The Hall–Kier alpha value is -2.21. The average molecular weight is 298 g/mol. The third-order valence-electron chi connectivity index (χ3n) is 3.89. The SMILES string of the molecule is O=C(c1cccc2ccnn12)N1CCCC1c1nccs1. The zero-order chi connectivity index (χ0) is 14.2. The second kappa shape index (κ2) is 4.96. The maximum Gasteiger partial charge on any atom is 0.273 e.